The summed E-state index contributed by atoms with van der Waals surface area (Å²) in [7, 11) is -4.05. The van der Waals surface area contributed by atoms with E-state index in [2.05, 4.69) is 10.0 Å². The number of imide groups is 2. The van der Waals surface area contributed by atoms with Gasteiger partial charge in [-0.2, -0.15) is 13.2 Å². The second kappa shape index (κ2) is 8.64. The summed E-state index contributed by atoms with van der Waals surface area (Å²) in [6, 6.07) is -1.74. The molecule has 33 heavy (non-hydrogen) atoms. The molecule has 0 aromatic carbocycles. The predicted octanol–water partition coefficient (Wildman–Crippen LogP) is 0.986. The highest BCUT2D eigenvalue weighted by Crippen LogP contribution is 2.42. The molecule has 2 saturated heterocycles. The number of fused-ring (bicyclic) bond motifs is 1. The summed E-state index contributed by atoms with van der Waals surface area (Å²) in [5, 5.41) is 0.967. The topological polar surface area (TPSA) is 130 Å². The van der Waals surface area contributed by atoms with E-state index >= 15 is 0 Å². The molecule has 184 valence electrons. The Morgan fingerprint density at radius 3 is 2.27 bits per heavy atom. The van der Waals surface area contributed by atoms with Crippen molar-refractivity contribution in [2.45, 2.75) is 81.3 Å². The maximum absolute atomic E-state index is 13.1. The maximum atomic E-state index is 13.1. The highest BCUT2D eigenvalue weighted by Gasteiger charge is 2.54. The zero-order valence-electron chi connectivity index (χ0n) is 17.8. The first-order valence-electron chi connectivity index (χ1n) is 11.2. The number of alkyl halides is 3. The molecule has 6 atom stereocenters. The van der Waals surface area contributed by atoms with E-state index < -0.39 is 81.3 Å². The molecular formula is C20H26F3N3O6S. The number of hydrogen-bond acceptors (Lipinski definition) is 6. The van der Waals surface area contributed by atoms with Gasteiger partial charge in [0.15, 0.2) is 0 Å². The minimum Gasteiger partial charge on any atom is -0.295 e. The molecule has 0 spiro atoms. The molecule has 4 aliphatic rings. The molecule has 2 saturated carbocycles. The van der Waals surface area contributed by atoms with Crippen molar-refractivity contribution in [2.24, 2.45) is 17.8 Å². The maximum Gasteiger partial charge on any atom is 0.391 e. The highest BCUT2D eigenvalue weighted by molar-refractivity contribution is 7.90. The molecular weight excluding hydrogens is 467 g/mol. The van der Waals surface area contributed by atoms with Gasteiger partial charge in [-0.1, -0.05) is 6.42 Å². The minimum absolute atomic E-state index is 0.00549. The molecule has 2 heterocycles. The lowest BCUT2D eigenvalue weighted by Crippen LogP contribution is -2.54. The minimum atomic E-state index is -4.44. The summed E-state index contributed by atoms with van der Waals surface area (Å²) in [5.74, 6) is -5.39. The van der Waals surface area contributed by atoms with E-state index in [0.717, 1.165) is 4.90 Å². The zero-order valence-corrected chi connectivity index (χ0v) is 18.6. The van der Waals surface area contributed by atoms with Crippen LogP contribution in [0.15, 0.2) is 0 Å². The van der Waals surface area contributed by atoms with Crippen LogP contribution in [0.2, 0.25) is 0 Å². The van der Waals surface area contributed by atoms with Gasteiger partial charge < -0.3 is 0 Å². The van der Waals surface area contributed by atoms with Gasteiger partial charge in [-0.15, -0.1) is 0 Å². The zero-order chi connectivity index (χ0) is 24.1. The molecule has 2 aliphatic carbocycles. The first kappa shape index (κ1) is 24.1. The molecule has 0 aromatic rings. The van der Waals surface area contributed by atoms with Crippen LogP contribution in [0, 0.1) is 17.8 Å². The lowest BCUT2D eigenvalue weighted by molar-refractivity contribution is -0.181. The number of halogens is 3. The summed E-state index contributed by atoms with van der Waals surface area (Å²) in [6.45, 7) is 0. The standard InChI is InChI=1S/C20H26F3N3O6S/c21-20(22,23)10-2-1-3-12(8-10)33(31,32)25-11-4-5-13-14(9-11)19(30)26(18(13)29)15-6-7-16(27)24-17(15)28/h10-15,25H,1-9H2,(H,24,27,28). The van der Waals surface area contributed by atoms with Crippen LogP contribution in [0.25, 0.3) is 0 Å². The molecule has 4 rings (SSSR count). The number of likely N-dealkylation sites (tertiary alicyclic amines) is 1. The number of sulfonamides is 1. The number of rotatable bonds is 4. The van der Waals surface area contributed by atoms with Crippen LogP contribution in [0.1, 0.15) is 57.8 Å². The van der Waals surface area contributed by atoms with E-state index in [4.69, 9.17) is 0 Å². The molecule has 0 aromatic heterocycles. The Morgan fingerprint density at radius 1 is 0.909 bits per heavy atom. The van der Waals surface area contributed by atoms with Gasteiger partial charge in [-0.25, -0.2) is 13.1 Å². The second-order valence-electron chi connectivity index (χ2n) is 9.43. The average Bonchev–Trinajstić information content (AvgIpc) is 2.97. The monoisotopic (exact) mass is 493 g/mol. The summed E-state index contributed by atoms with van der Waals surface area (Å²) in [4.78, 5) is 50.3. The number of carbonyl (C=O) groups excluding carboxylic acids is 4. The van der Waals surface area contributed by atoms with Crippen LogP contribution in [-0.2, 0) is 29.2 Å². The highest BCUT2D eigenvalue weighted by atomic mass is 32.2. The van der Waals surface area contributed by atoms with Crippen molar-refractivity contribution in [3.63, 3.8) is 0 Å². The van der Waals surface area contributed by atoms with Gasteiger partial charge in [-0.3, -0.25) is 29.4 Å². The van der Waals surface area contributed by atoms with Crippen LogP contribution in [0.3, 0.4) is 0 Å². The van der Waals surface area contributed by atoms with Gasteiger partial charge in [0.25, 0.3) is 0 Å². The van der Waals surface area contributed by atoms with E-state index in [0.29, 0.717) is 0 Å². The van der Waals surface area contributed by atoms with Crippen LogP contribution in [-0.4, -0.2) is 60.5 Å². The largest absolute Gasteiger partial charge is 0.391 e. The molecule has 4 fully saturated rings. The van der Waals surface area contributed by atoms with Crippen LogP contribution >= 0.6 is 0 Å². The van der Waals surface area contributed by atoms with Gasteiger partial charge in [0.2, 0.25) is 33.7 Å². The summed E-state index contributed by atoms with van der Waals surface area (Å²) in [6.07, 6.45) is -4.14. The summed E-state index contributed by atoms with van der Waals surface area (Å²) < 4.78 is 67.4. The number of piperidine rings is 1. The third kappa shape index (κ3) is 4.66. The third-order valence-corrected chi connectivity index (χ3v) is 9.31. The molecule has 9 nitrogen and oxygen atoms in total. The fourth-order valence-corrected chi connectivity index (χ4v) is 7.43. The average molecular weight is 494 g/mol. The number of nitrogens with zero attached hydrogens (tertiary/aromatic N) is 1. The van der Waals surface area contributed by atoms with Gasteiger partial charge in [-0.05, 0) is 44.9 Å². The fraction of sp³-hybridized carbons (Fsp3) is 0.800. The van der Waals surface area contributed by atoms with Gasteiger partial charge in [0.1, 0.15) is 6.04 Å². The van der Waals surface area contributed by atoms with Crippen molar-refractivity contribution < 1.29 is 40.8 Å². The van der Waals surface area contributed by atoms with Crippen molar-refractivity contribution in [2.75, 3.05) is 0 Å². The van der Waals surface area contributed by atoms with E-state index in [1.807, 2.05) is 0 Å². The molecule has 4 amide bonds. The lowest BCUT2D eigenvalue weighted by Gasteiger charge is -2.33. The SMILES string of the molecule is O=C1CCC(N2C(=O)C3CCC(NS(=O)(=O)C4CCCC(C(F)(F)F)C4)CC3C2=O)C(=O)N1. The van der Waals surface area contributed by atoms with Crippen molar-refractivity contribution in [1.29, 1.82) is 0 Å². The van der Waals surface area contributed by atoms with Gasteiger partial charge in [0.05, 0.1) is 23.0 Å². The smallest absolute Gasteiger partial charge is 0.295 e. The lowest BCUT2D eigenvalue weighted by atomic mass is 9.79. The number of carbonyl (C=O) groups is 4. The van der Waals surface area contributed by atoms with Crippen LogP contribution < -0.4 is 10.0 Å². The summed E-state index contributed by atoms with van der Waals surface area (Å²) in [5.41, 5.74) is 0. The fourth-order valence-electron chi connectivity index (χ4n) is 5.60. The molecule has 0 radical (unpaired) electrons. The van der Waals surface area contributed by atoms with Crippen LogP contribution in [0.4, 0.5) is 13.2 Å². The number of amides is 4. The second-order valence-corrected chi connectivity index (χ2v) is 11.4. The van der Waals surface area contributed by atoms with Crippen LogP contribution in [0.5, 0.6) is 0 Å². The normalized spacial score (nSPS) is 36.0. The van der Waals surface area contributed by atoms with Crippen molar-refractivity contribution in [3.05, 3.63) is 0 Å². The van der Waals surface area contributed by atoms with Gasteiger partial charge >= 0.3 is 6.18 Å². The van der Waals surface area contributed by atoms with Gasteiger partial charge in [0, 0.05) is 12.5 Å². The quantitative estimate of drug-likeness (QED) is 0.562. The third-order valence-electron chi connectivity index (χ3n) is 7.34. The van der Waals surface area contributed by atoms with E-state index in [-0.39, 0.29) is 51.4 Å². The Kier molecular flexibility index (Phi) is 6.31. The van der Waals surface area contributed by atoms with E-state index in [1.165, 1.54) is 0 Å². The summed E-state index contributed by atoms with van der Waals surface area (Å²) >= 11 is 0. The molecule has 13 heteroatoms. The molecule has 2 aliphatic heterocycles. The molecule has 0 bridgehead atoms. The Bertz CT molecular complexity index is 969. The predicted molar refractivity (Wildman–Crippen MR) is 107 cm³/mol. The Balaban J connectivity index is 1.42. The first-order chi connectivity index (χ1) is 15.4. The number of nitrogens with one attached hydrogen (secondary N) is 2. The Hall–Kier alpha value is -2.02. The molecule has 6 unspecified atom stereocenters. The number of hydrogen-bond donors (Lipinski definition) is 2. The first-order valence-corrected chi connectivity index (χ1v) is 12.7. The Morgan fingerprint density at radius 2 is 1.61 bits per heavy atom. The van der Waals surface area contributed by atoms with E-state index in [1.54, 1.807) is 0 Å². The van der Waals surface area contributed by atoms with Crippen molar-refractivity contribution >= 4 is 33.7 Å². The molecule has 2 N–H and O–H groups in total. The van der Waals surface area contributed by atoms with Crippen molar-refractivity contribution in [1.82, 2.24) is 14.9 Å². The van der Waals surface area contributed by atoms with E-state index in [9.17, 15) is 40.8 Å². The van der Waals surface area contributed by atoms with Crippen molar-refractivity contribution in [3.8, 4) is 0 Å². The Labute approximate surface area is 188 Å².